The first kappa shape index (κ1) is 18.4. The van der Waals surface area contributed by atoms with E-state index in [-0.39, 0.29) is 18.1 Å². The summed E-state index contributed by atoms with van der Waals surface area (Å²) in [6.45, 7) is 4.41. The quantitative estimate of drug-likeness (QED) is 0.474. The monoisotopic (exact) mass is 342 g/mol. The van der Waals surface area contributed by atoms with Gasteiger partial charge in [0.1, 0.15) is 0 Å². The molecule has 6 nitrogen and oxygen atoms in total. The lowest BCUT2D eigenvalue weighted by molar-refractivity contribution is -0.605. The summed E-state index contributed by atoms with van der Waals surface area (Å²) in [5, 5.41) is 13.6. The molecule has 0 saturated carbocycles. The Bertz CT molecular complexity index is 709. The normalized spacial score (nSPS) is 10.5. The summed E-state index contributed by atoms with van der Waals surface area (Å²) >= 11 is 0. The van der Waals surface area contributed by atoms with Crippen LogP contribution in [0.15, 0.2) is 48.8 Å². The van der Waals surface area contributed by atoms with Gasteiger partial charge in [-0.15, -0.1) is 0 Å². The number of carbonyl (C=O) groups is 2. The molecule has 2 rings (SSSR count). The van der Waals surface area contributed by atoms with Crippen LogP contribution in [0.2, 0.25) is 0 Å². The van der Waals surface area contributed by atoms with E-state index >= 15 is 0 Å². The highest BCUT2D eigenvalue weighted by Crippen LogP contribution is 2.14. The molecule has 0 atom stereocenters. The number of aromatic nitrogens is 1. The zero-order valence-electron chi connectivity index (χ0n) is 14.4. The van der Waals surface area contributed by atoms with Crippen molar-refractivity contribution in [3.8, 4) is 0 Å². The summed E-state index contributed by atoms with van der Waals surface area (Å²) in [4.78, 5) is 23.5. The number of carbonyl (C=O) groups excluding carboxylic acids is 2. The fraction of sp³-hybridized carbons (Fsp3) is 0.316. The molecule has 0 radical (unpaired) electrons. The van der Waals surface area contributed by atoms with Crippen LogP contribution in [0, 0.1) is 5.21 Å². The summed E-state index contributed by atoms with van der Waals surface area (Å²) < 4.78 is 5.48. The first-order chi connectivity index (χ1) is 12.0. The molecule has 2 aromatic rings. The van der Waals surface area contributed by atoms with Gasteiger partial charge in [0.15, 0.2) is 19.0 Å². The lowest BCUT2D eigenvalue weighted by Crippen LogP contribution is -2.30. The summed E-state index contributed by atoms with van der Waals surface area (Å²) in [5.74, 6) is -0.506. The van der Waals surface area contributed by atoms with Gasteiger partial charge in [-0.2, -0.15) is 4.73 Å². The van der Waals surface area contributed by atoms with Crippen molar-refractivity contribution >= 4 is 11.9 Å². The van der Waals surface area contributed by atoms with Crippen molar-refractivity contribution in [1.29, 1.82) is 0 Å². The lowest BCUT2D eigenvalue weighted by Gasteiger charge is -2.08. The average molecular weight is 342 g/mol. The van der Waals surface area contributed by atoms with Crippen molar-refractivity contribution < 1.29 is 19.1 Å². The molecule has 6 heteroatoms. The number of hydrogen-bond donors (Lipinski definition) is 1. The third kappa shape index (κ3) is 5.91. The molecule has 0 spiro atoms. The van der Waals surface area contributed by atoms with Crippen molar-refractivity contribution in [2.45, 2.75) is 26.2 Å². The molecule has 0 aliphatic rings. The van der Waals surface area contributed by atoms with Crippen molar-refractivity contribution in [3.63, 3.8) is 0 Å². The number of amides is 1. The van der Waals surface area contributed by atoms with Gasteiger partial charge in [0.25, 0.3) is 5.91 Å². The van der Waals surface area contributed by atoms with E-state index in [1.807, 2.05) is 0 Å². The Labute approximate surface area is 147 Å². The van der Waals surface area contributed by atoms with Gasteiger partial charge in [-0.1, -0.05) is 38.1 Å². The van der Waals surface area contributed by atoms with Gasteiger partial charge < -0.3 is 15.3 Å². The van der Waals surface area contributed by atoms with E-state index in [0.29, 0.717) is 23.6 Å². The van der Waals surface area contributed by atoms with Crippen molar-refractivity contribution in [2.75, 3.05) is 13.2 Å². The minimum atomic E-state index is -0.639. The standard InChI is InChI=1S/C19H22N2O4/c1-14(2)16-5-3-15(4-6-16)7-10-20-18(22)13-25-19(23)17-8-11-21(24)12-9-17/h3-6,8-9,11-12,14H,7,10,13H2,1-2H3,(H,20,22). The van der Waals surface area contributed by atoms with Crippen LogP contribution in [0.5, 0.6) is 0 Å². The van der Waals surface area contributed by atoms with Gasteiger partial charge in [0, 0.05) is 18.7 Å². The SMILES string of the molecule is CC(C)c1ccc(CCNC(=O)COC(=O)c2cc[n+]([O-])cc2)cc1. The average Bonchev–Trinajstić information content (AvgIpc) is 2.60. The zero-order valence-corrected chi connectivity index (χ0v) is 14.4. The van der Waals surface area contributed by atoms with Crippen LogP contribution < -0.4 is 10.0 Å². The molecule has 1 aromatic carbocycles. The predicted octanol–water partition coefficient (Wildman–Crippen LogP) is 1.96. The van der Waals surface area contributed by atoms with Gasteiger partial charge in [0.05, 0.1) is 5.56 Å². The van der Waals surface area contributed by atoms with Gasteiger partial charge in [0.2, 0.25) is 0 Å². The number of hydrogen-bond acceptors (Lipinski definition) is 4. The molecule has 0 unspecified atom stereocenters. The Kier molecular flexibility index (Phi) is 6.51. The van der Waals surface area contributed by atoms with E-state index in [0.717, 1.165) is 5.56 Å². The number of nitrogens with one attached hydrogen (secondary N) is 1. The number of benzene rings is 1. The van der Waals surface area contributed by atoms with Gasteiger partial charge >= 0.3 is 5.97 Å². The second-order valence-electron chi connectivity index (χ2n) is 6.02. The summed E-state index contributed by atoms with van der Waals surface area (Å²) in [6, 6.07) is 11.0. The molecule has 25 heavy (non-hydrogen) atoms. The highest BCUT2D eigenvalue weighted by atomic mass is 16.5. The first-order valence-electron chi connectivity index (χ1n) is 8.17. The zero-order chi connectivity index (χ0) is 18.2. The van der Waals surface area contributed by atoms with Crippen LogP contribution in [-0.2, 0) is 16.0 Å². The van der Waals surface area contributed by atoms with E-state index < -0.39 is 5.97 Å². The largest absolute Gasteiger partial charge is 0.619 e. The van der Waals surface area contributed by atoms with Crippen LogP contribution in [0.1, 0.15) is 41.3 Å². The molecule has 1 aromatic heterocycles. The van der Waals surface area contributed by atoms with Crippen LogP contribution in [0.4, 0.5) is 0 Å². The van der Waals surface area contributed by atoms with Gasteiger partial charge in [-0.05, 0) is 23.5 Å². The fourth-order valence-electron chi connectivity index (χ4n) is 2.23. The second kappa shape index (κ2) is 8.82. The Morgan fingerprint density at radius 3 is 2.36 bits per heavy atom. The Morgan fingerprint density at radius 2 is 1.76 bits per heavy atom. The molecule has 132 valence electrons. The number of rotatable bonds is 7. The van der Waals surface area contributed by atoms with Crippen molar-refractivity contribution in [2.24, 2.45) is 0 Å². The number of nitrogens with zero attached hydrogens (tertiary/aromatic N) is 1. The minimum absolute atomic E-state index is 0.227. The number of esters is 1. The van der Waals surface area contributed by atoms with Crippen molar-refractivity contribution in [3.05, 3.63) is 70.7 Å². The van der Waals surface area contributed by atoms with Gasteiger partial charge in [-0.25, -0.2) is 4.79 Å². The third-order valence-corrected chi connectivity index (χ3v) is 3.75. The Hall–Kier alpha value is -2.89. The topological polar surface area (TPSA) is 82.3 Å². The Morgan fingerprint density at radius 1 is 1.12 bits per heavy atom. The third-order valence-electron chi connectivity index (χ3n) is 3.75. The molecule has 1 heterocycles. The van der Waals surface area contributed by atoms with Crippen LogP contribution in [-0.4, -0.2) is 25.0 Å². The molecule has 1 amide bonds. The molecule has 0 fully saturated rings. The predicted molar refractivity (Wildman–Crippen MR) is 92.9 cm³/mol. The van der Waals surface area contributed by atoms with E-state index in [2.05, 4.69) is 43.4 Å². The molecular formula is C19H22N2O4. The first-order valence-corrected chi connectivity index (χ1v) is 8.17. The van der Waals surface area contributed by atoms with E-state index in [1.165, 1.54) is 30.1 Å². The fourth-order valence-corrected chi connectivity index (χ4v) is 2.23. The number of ether oxygens (including phenoxy) is 1. The molecule has 0 bridgehead atoms. The molecule has 0 aliphatic carbocycles. The maximum atomic E-state index is 11.7. The smallest absolute Gasteiger partial charge is 0.339 e. The number of pyridine rings is 1. The highest BCUT2D eigenvalue weighted by molar-refractivity contribution is 5.91. The Balaban J connectivity index is 1.70. The van der Waals surface area contributed by atoms with Crippen LogP contribution >= 0.6 is 0 Å². The lowest BCUT2D eigenvalue weighted by atomic mass is 10.0. The van der Waals surface area contributed by atoms with E-state index in [9.17, 15) is 14.8 Å². The summed E-state index contributed by atoms with van der Waals surface area (Å²) in [5.41, 5.74) is 2.64. The minimum Gasteiger partial charge on any atom is -0.619 e. The second-order valence-corrected chi connectivity index (χ2v) is 6.02. The van der Waals surface area contributed by atoms with E-state index in [1.54, 1.807) is 0 Å². The maximum absolute atomic E-state index is 11.7. The van der Waals surface area contributed by atoms with Gasteiger partial charge in [-0.3, -0.25) is 4.79 Å². The molecule has 0 aliphatic heterocycles. The van der Waals surface area contributed by atoms with E-state index in [4.69, 9.17) is 4.74 Å². The molecule has 0 saturated heterocycles. The maximum Gasteiger partial charge on any atom is 0.339 e. The highest BCUT2D eigenvalue weighted by Gasteiger charge is 2.11. The van der Waals surface area contributed by atoms with Crippen LogP contribution in [0.25, 0.3) is 0 Å². The van der Waals surface area contributed by atoms with Crippen LogP contribution in [0.3, 0.4) is 0 Å². The summed E-state index contributed by atoms with van der Waals surface area (Å²) in [7, 11) is 0. The molecular weight excluding hydrogens is 320 g/mol. The van der Waals surface area contributed by atoms with Crippen molar-refractivity contribution in [1.82, 2.24) is 5.32 Å². The summed E-state index contributed by atoms with van der Waals surface area (Å²) in [6.07, 6.45) is 3.10. The molecule has 1 N–H and O–H groups in total.